The van der Waals surface area contributed by atoms with Crippen LogP contribution in [0.3, 0.4) is 0 Å². The molecular weight excluding hydrogens is 468 g/mol. The van der Waals surface area contributed by atoms with Crippen molar-refractivity contribution in [1.82, 2.24) is 4.98 Å². The predicted octanol–water partition coefficient (Wildman–Crippen LogP) is 4.97. The Balaban J connectivity index is 2.27. The van der Waals surface area contributed by atoms with Gasteiger partial charge >= 0.3 is 5.97 Å². The van der Waals surface area contributed by atoms with Gasteiger partial charge in [0.25, 0.3) is 0 Å². The van der Waals surface area contributed by atoms with Gasteiger partial charge in [0.05, 0.1) is 5.69 Å². The summed E-state index contributed by atoms with van der Waals surface area (Å²) in [6, 6.07) is 18.2. The summed E-state index contributed by atoms with van der Waals surface area (Å²) < 4.78 is 37.2. The van der Waals surface area contributed by atoms with Gasteiger partial charge in [0.1, 0.15) is 17.5 Å². The molecule has 8 heteroatoms. The Morgan fingerprint density at radius 2 is 1.80 bits per heavy atom. The van der Waals surface area contributed by atoms with Gasteiger partial charge in [0.2, 0.25) is 8.03 Å². The van der Waals surface area contributed by atoms with E-state index in [0.717, 1.165) is 5.56 Å². The van der Waals surface area contributed by atoms with Crippen LogP contribution in [0.15, 0.2) is 72.9 Å². The first-order chi connectivity index (χ1) is 16.7. The number of benzene rings is 2. The fourth-order valence-electron chi connectivity index (χ4n) is 4.45. The molecule has 0 aliphatic carbocycles. The lowest BCUT2D eigenvalue weighted by molar-refractivity contribution is -0.153. The summed E-state index contributed by atoms with van der Waals surface area (Å²) in [5.41, 5.74) is 0.0546. The number of ether oxygens (including phenoxy) is 1. The van der Waals surface area contributed by atoms with Gasteiger partial charge < -0.3 is 14.4 Å². The largest absolute Gasteiger partial charge is 0.383 e. The second kappa shape index (κ2) is 11.0. The molecular formula is C27H27FNO5P. The SMILES string of the molecule is C#COC(=O)C(C(C)C)([PH](=O)OC)C(O)(Cc1ccc(F)cc1)c1ccc(-c2ccccc2)nc1. The predicted molar refractivity (Wildman–Crippen MR) is 132 cm³/mol. The Hall–Kier alpha value is -3.30. The molecule has 0 bridgehead atoms. The van der Waals surface area contributed by atoms with Crippen LogP contribution >= 0.6 is 8.03 Å². The molecule has 0 fully saturated rings. The molecule has 1 heterocycles. The van der Waals surface area contributed by atoms with Gasteiger partial charge in [0.15, 0.2) is 5.16 Å². The Morgan fingerprint density at radius 1 is 1.14 bits per heavy atom. The van der Waals surface area contributed by atoms with Gasteiger partial charge in [-0.05, 0) is 29.7 Å². The summed E-state index contributed by atoms with van der Waals surface area (Å²) in [5, 5.41) is 10.3. The number of esters is 1. The molecule has 35 heavy (non-hydrogen) atoms. The summed E-state index contributed by atoms with van der Waals surface area (Å²) in [4.78, 5) is 17.9. The molecule has 0 saturated carbocycles. The van der Waals surface area contributed by atoms with Crippen LogP contribution < -0.4 is 0 Å². The molecule has 1 N–H and O–H groups in total. The maximum Gasteiger partial charge on any atom is 0.339 e. The lowest BCUT2D eigenvalue weighted by Gasteiger charge is -2.46. The molecule has 3 unspecified atom stereocenters. The van der Waals surface area contributed by atoms with Crippen molar-refractivity contribution in [2.45, 2.75) is 31.0 Å². The van der Waals surface area contributed by atoms with Crippen molar-refractivity contribution in [3.63, 3.8) is 0 Å². The Labute approximate surface area is 205 Å². The number of terminal acetylenes is 1. The maximum absolute atomic E-state index is 13.6. The molecule has 0 aliphatic rings. The van der Waals surface area contributed by atoms with Gasteiger partial charge in [-0.2, -0.15) is 0 Å². The highest BCUT2D eigenvalue weighted by atomic mass is 31.1. The third kappa shape index (κ3) is 4.92. The van der Waals surface area contributed by atoms with Crippen LogP contribution in [0.2, 0.25) is 0 Å². The molecule has 0 aliphatic heterocycles. The summed E-state index contributed by atoms with van der Waals surface area (Å²) >= 11 is 0. The van der Waals surface area contributed by atoms with E-state index in [0.29, 0.717) is 11.3 Å². The van der Waals surface area contributed by atoms with Gasteiger partial charge in [0, 0.05) is 30.9 Å². The topological polar surface area (TPSA) is 85.7 Å². The number of aliphatic hydroxyl groups is 1. The minimum atomic E-state index is -3.31. The number of hydrogen-bond donors (Lipinski definition) is 1. The van der Waals surface area contributed by atoms with Crippen LogP contribution in [0.4, 0.5) is 4.39 Å². The van der Waals surface area contributed by atoms with Crippen LogP contribution in [-0.2, 0) is 30.6 Å². The molecule has 6 nitrogen and oxygen atoms in total. The van der Waals surface area contributed by atoms with Crippen LogP contribution in [-0.4, -0.2) is 28.3 Å². The van der Waals surface area contributed by atoms with Crippen LogP contribution in [0.5, 0.6) is 0 Å². The van der Waals surface area contributed by atoms with Crippen molar-refractivity contribution < 1.29 is 28.1 Å². The van der Waals surface area contributed by atoms with Crippen molar-refractivity contribution in [3.8, 4) is 23.8 Å². The normalized spacial score (nSPS) is 15.5. The lowest BCUT2D eigenvalue weighted by atomic mass is 9.71. The van der Waals surface area contributed by atoms with E-state index >= 15 is 0 Å². The van der Waals surface area contributed by atoms with Crippen molar-refractivity contribution >= 4 is 14.0 Å². The highest BCUT2D eigenvalue weighted by Crippen LogP contribution is 2.57. The van der Waals surface area contributed by atoms with Crippen molar-refractivity contribution in [3.05, 3.63) is 89.9 Å². The van der Waals surface area contributed by atoms with E-state index in [1.165, 1.54) is 37.6 Å². The van der Waals surface area contributed by atoms with Gasteiger partial charge in [-0.1, -0.05) is 68.8 Å². The molecule has 0 radical (unpaired) electrons. The van der Waals surface area contributed by atoms with E-state index in [1.807, 2.05) is 36.4 Å². The second-order valence-corrected chi connectivity index (χ2v) is 10.2. The van der Waals surface area contributed by atoms with Gasteiger partial charge in [-0.25, -0.2) is 9.18 Å². The molecule has 182 valence electrons. The molecule has 3 atom stereocenters. The number of halogens is 1. The van der Waals surface area contributed by atoms with E-state index in [-0.39, 0.29) is 12.0 Å². The van der Waals surface area contributed by atoms with Crippen LogP contribution in [0.25, 0.3) is 11.3 Å². The zero-order chi connectivity index (χ0) is 25.6. The van der Waals surface area contributed by atoms with Crippen molar-refractivity contribution in [2.75, 3.05) is 7.11 Å². The third-order valence-electron chi connectivity index (χ3n) is 6.18. The third-order valence-corrected chi connectivity index (χ3v) is 8.39. The Morgan fingerprint density at radius 3 is 2.31 bits per heavy atom. The number of nitrogens with zero attached hydrogens (tertiary/aromatic N) is 1. The quantitative estimate of drug-likeness (QED) is 0.256. The first-order valence-electron chi connectivity index (χ1n) is 10.9. The van der Waals surface area contributed by atoms with E-state index in [1.54, 1.807) is 26.0 Å². The lowest BCUT2D eigenvalue weighted by Crippen LogP contribution is -2.59. The molecule has 0 spiro atoms. The van der Waals surface area contributed by atoms with E-state index in [4.69, 9.17) is 15.7 Å². The highest BCUT2D eigenvalue weighted by Gasteiger charge is 2.64. The number of carbonyl (C=O) groups excluding carboxylic acids is 1. The Bertz CT molecular complexity index is 1230. The van der Waals surface area contributed by atoms with Gasteiger partial charge in [-0.15, -0.1) is 0 Å². The van der Waals surface area contributed by atoms with Crippen molar-refractivity contribution in [1.29, 1.82) is 0 Å². The number of rotatable bonds is 9. The average Bonchev–Trinajstić information content (AvgIpc) is 2.86. The summed E-state index contributed by atoms with van der Waals surface area (Å²) in [5.74, 6) is -2.26. The fourth-order valence-corrected chi connectivity index (χ4v) is 6.03. The first kappa shape index (κ1) is 26.3. The van der Waals surface area contributed by atoms with E-state index < -0.39 is 36.5 Å². The molecule has 0 saturated heterocycles. The van der Waals surface area contributed by atoms with Crippen LogP contribution in [0, 0.1) is 24.3 Å². The average molecular weight is 495 g/mol. The molecule has 3 aromatic rings. The smallest absolute Gasteiger partial charge is 0.339 e. The number of hydrogen-bond acceptors (Lipinski definition) is 6. The minimum Gasteiger partial charge on any atom is -0.383 e. The maximum atomic E-state index is 13.6. The fraction of sp³-hybridized carbons (Fsp3) is 0.259. The summed E-state index contributed by atoms with van der Waals surface area (Å²) in [6.07, 6.45) is 8.29. The van der Waals surface area contributed by atoms with Gasteiger partial charge in [-0.3, -0.25) is 9.55 Å². The molecule has 0 amide bonds. The highest BCUT2D eigenvalue weighted by molar-refractivity contribution is 7.42. The van der Waals surface area contributed by atoms with E-state index in [2.05, 4.69) is 4.98 Å². The number of pyridine rings is 1. The Kier molecular flexibility index (Phi) is 8.24. The minimum absolute atomic E-state index is 0.208. The zero-order valence-electron chi connectivity index (χ0n) is 19.7. The monoisotopic (exact) mass is 495 g/mol. The van der Waals surface area contributed by atoms with Crippen LogP contribution in [0.1, 0.15) is 25.0 Å². The number of carbonyl (C=O) groups is 1. The molecule has 3 rings (SSSR count). The second-order valence-electron chi connectivity index (χ2n) is 8.42. The zero-order valence-corrected chi connectivity index (χ0v) is 20.7. The molecule has 2 aromatic carbocycles. The molecule has 1 aromatic heterocycles. The first-order valence-corrected chi connectivity index (χ1v) is 12.3. The summed E-state index contributed by atoms with van der Waals surface area (Å²) in [7, 11) is -2.12. The van der Waals surface area contributed by atoms with E-state index in [9.17, 15) is 18.9 Å². The standard InChI is InChI=1S/C27H27FNO5P/c1-5-34-25(30)27(19(2)3,35(32)33-4)26(31,17-20-11-14-23(28)15-12-20)22-13-16-24(29-18-22)21-9-7-6-8-10-21/h1,6-16,18-19,31,35H,17H2,2-4H3. The summed E-state index contributed by atoms with van der Waals surface area (Å²) in [6.45, 7) is 3.25. The van der Waals surface area contributed by atoms with Crippen molar-refractivity contribution in [2.24, 2.45) is 5.92 Å². The number of aromatic nitrogens is 1.